The van der Waals surface area contributed by atoms with Crippen molar-refractivity contribution in [2.45, 2.75) is 51.8 Å². The van der Waals surface area contributed by atoms with Crippen LogP contribution in [0.1, 0.15) is 39.2 Å². The summed E-state index contributed by atoms with van der Waals surface area (Å²) >= 11 is 0. The molecule has 5 rings (SSSR count). The van der Waals surface area contributed by atoms with Crippen LogP contribution < -0.4 is 4.74 Å². The molecule has 0 bridgehead atoms. The molecule has 10 nitrogen and oxygen atoms in total. The Morgan fingerprint density at radius 3 is 2.72 bits per heavy atom. The van der Waals surface area contributed by atoms with Crippen LogP contribution in [0, 0.1) is 11.6 Å². The van der Waals surface area contributed by atoms with Gasteiger partial charge >= 0.3 is 6.09 Å². The van der Waals surface area contributed by atoms with Gasteiger partial charge in [-0.2, -0.15) is 14.5 Å². The van der Waals surface area contributed by atoms with Crippen molar-refractivity contribution >= 4 is 6.09 Å². The second-order valence-corrected chi connectivity index (χ2v) is 10.2. The third kappa shape index (κ3) is 6.05. The molecule has 1 saturated heterocycles. The molecule has 0 aliphatic carbocycles. The lowest BCUT2D eigenvalue weighted by atomic mass is 10.2. The summed E-state index contributed by atoms with van der Waals surface area (Å²) in [7, 11) is 0. The molecular formula is C27H28F2N6O4. The van der Waals surface area contributed by atoms with Gasteiger partial charge in [0.15, 0.2) is 5.82 Å². The van der Waals surface area contributed by atoms with Gasteiger partial charge in [0.05, 0.1) is 24.5 Å². The molecular weight excluding hydrogens is 510 g/mol. The molecule has 39 heavy (non-hydrogen) atoms. The lowest BCUT2D eigenvalue weighted by Crippen LogP contribution is -2.42. The van der Waals surface area contributed by atoms with Gasteiger partial charge in [-0.15, -0.1) is 0 Å². The van der Waals surface area contributed by atoms with Gasteiger partial charge in [0, 0.05) is 18.2 Å². The van der Waals surface area contributed by atoms with Crippen molar-refractivity contribution < 1.29 is 27.6 Å². The maximum absolute atomic E-state index is 14.6. The van der Waals surface area contributed by atoms with E-state index in [1.165, 1.54) is 12.3 Å². The van der Waals surface area contributed by atoms with Gasteiger partial charge in [0.25, 0.3) is 5.88 Å². The number of amides is 1. The Morgan fingerprint density at radius 2 is 1.97 bits per heavy atom. The zero-order valence-corrected chi connectivity index (χ0v) is 21.8. The number of hydrogen-bond donors (Lipinski definition) is 0. The van der Waals surface area contributed by atoms with Crippen molar-refractivity contribution in [2.75, 3.05) is 13.2 Å². The van der Waals surface area contributed by atoms with E-state index in [4.69, 9.17) is 14.0 Å². The van der Waals surface area contributed by atoms with E-state index in [2.05, 4.69) is 20.2 Å². The number of rotatable bonds is 7. The fourth-order valence-corrected chi connectivity index (χ4v) is 4.31. The number of likely N-dealkylation sites (tertiary alicyclic amines) is 1. The monoisotopic (exact) mass is 538 g/mol. The molecule has 0 N–H and O–H groups in total. The minimum Gasteiger partial charge on any atom is -0.473 e. The highest BCUT2D eigenvalue weighted by molar-refractivity contribution is 5.69. The first-order valence-corrected chi connectivity index (χ1v) is 12.6. The minimum absolute atomic E-state index is 0.0402. The number of halogens is 2. The topological polar surface area (TPSA) is 108 Å². The van der Waals surface area contributed by atoms with Crippen molar-refractivity contribution in [3.05, 3.63) is 66.1 Å². The molecule has 1 aromatic carbocycles. The minimum atomic E-state index is -0.747. The molecule has 4 aromatic rings. The summed E-state index contributed by atoms with van der Waals surface area (Å²) in [4.78, 5) is 22.5. The third-order valence-corrected chi connectivity index (χ3v) is 6.12. The molecule has 12 heteroatoms. The summed E-state index contributed by atoms with van der Waals surface area (Å²) in [5.74, 6) is -1.27. The van der Waals surface area contributed by atoms with Crippen LogP contribution in [-0.4, -0.2) is 60.7 Å². The van der Waals surface area contributed by atoms with Crippen LogP contribution in [0.2, 0.25) is 0 Å². The van der Waals surface area contributed by atoms with Gasteiger partial charge in [-0.1, -0.05) is 23.4 Å². The fraction of sp³-hybridized carbons (Fsp3) is 0.370. The van der Waals surface area contributed by atoms with Crippen LogP contribution >= 0.6 is 0 Å². The van der Waals surface area contributed by atoms with Crippen molar-refractivity contribution in [3.63, 3.8) is 0 Å². The molecule has 4 heterocycles. The Hall–Kier alpha value is -4.35. The summed E-state index contributed by atoms with van der Waals surface area (Å²) in [6, 6.07) is 9.41. The van der Waals surface area contributed by atoms with Gasteiger partial charge in [0.2, 0.25) is 5.82 Å². The molecule has 1 amide bonds. The highest BCUT2D eigenvalue weighted by atomic mass is 19.1. The Bertz CT molecular complexity index is 1450. The van der Waals surface area contributed by atoms with Crippen LogP contribution in [-0.2, 0) is 11.3 Å². The number of aromatic nitrogens is 5. The van der Waals surface area contributed by atoms with Gasteiger partial charge in [0.1, 0.15) is 35.7 Å². The summed E-state index contributed by atoms with van der Waals surface area (Å²) in [5, 5.41) is 8.52. The Kier molecular flexibility index (Phi) is 7.27. The van der Waals surface area contributed by atoms with Gasteiger partial charge < -0.3 is 18.9 Å². The van der Waals surface area contributed by atoms with Crippen molar-refractivity contribution in [1.29, 1.82) is 0 Å². The maximum atomic E-state index is 14.6. The number of benzene rings is 1. The molecule has 3 aromatic heterocycles. The molecule has 1 fully saturated rings. The van der Waals surface area contributed by atoms with Gasteiger partial charge in [-0.3, -0.25) is 4.68 Å². The second kappa shape index (κ2) is 10.8. The van der Waals surface area contributed by atoms with Crippen LogP contribution in [0.3, 0.4) is 0 Å². The number of nitrogens with zero attached hydrogens (tertiary/aromatic N) is 6. The van der Waals surface area contributed by atoms with Crippen LogP contribution in [0.5, 0.6) is 5.88 Å². The first-order chi connectivity index (χ1) is 18.7. The van der Waals surface area contributed by atoms with E-state index in [1.54, 1.807) is 60.7 Å². The average molecular weight is 539 g/mol. The van der Waals surface area contributed by atoms with Crippen LogP contribution in [0.25, 0.3) is 22.9 Å². The normalized spacial score (nSPS) is 15.5. The number of hydrogen-bond acceptors (Lipinski definition) is 8. The molecule has 1 aliphatic rings. The van der Waals surface area contributed by atoms with E-state index in [1.807, 2.05) is 0 Å². The summed E-state index contributed by atoms with van der Waals surface area (Å²) in [5.41, 5.74) is 1.13. The van der Waals surface area contributed by atoms with Gasteiger partial charge in [-0.05, 0) is 45.7 Å². The SMILES string of the molecule is CC(C)(C)OC(=O)N1CCCC1COc1nc(-c2cc(-c3ccon3)n(Cc3ccccc3F)n2)ncc1F. The number of carbonyl (C=O) groups excluding carboxylic acids is 1. The van der Waals surface area contributed by atoms with E-state index < -0.39 is 17.5 Å². The lowest BCUT2D eigenvalue weighted by Gasteiger charge is -2.28. The Labute approximate surface area is 223 Å². The smallest absolute Gasteiger partial charge is 0.410 e. The molecule has 1 unspecified atom stereocenters. The molecule has 0 spiro atoms. The number of carbonyl (C=O) groups is 1. The largest absolute Gasteiger partial charge is 0.473 e. The Balaban J connectivity index is 1.37. The zero-order chi connectivity index (χ0) is 27.6. The van der Waals surface area contributed by atoms with E-state index in [9.17, 15) is 13.6 Å². The maximum Gasteiger partial charge on any atom is 0.410 e. The summed E-state index contributed by atoms with van der Waals surface area (Å²) < 4.78 is 46.7. The van der Waals surface area contributed by atoms with Crippen LogP contribution in [0.4, 0.5) is 13.6 Å². The highest BCUT2D eigenvalue weighted by Crippen LogP contribution is 2.27. The summed E-state index contributed by atoms with van der Waals surface area (Å²) in [6.07, 6.45) is 3.47. The number of ether oxygens (including phenoxy) is 2. The first-order valence-electron chi connectivity index (χ1n) is 12.6. The highest BCUT2D eigenvalue weighted by Gasteiger charge is 2.33. The van der Waals surface area contributed by atoms with E-state index >= 15 is 0 Å². The molecule has 0 radical (unpaired) electrons. The van der Waals surface area contributed by atoms with E-state index in [0.717, 1.165) is 12.6 Å². The predicted molar refractivity (Wildman–Crippen MR) is 136 cm³/mol. The molecule has 1 atom stereocenters. The zero-order valence-electron chi connectivity index (χ0n) is 21.8. The van der Waals surface area contributed by atoms with Crippen molar-refractivity contribution in [3.8, 4) is 28.8 Å². The fourth-order valence-electron chi connectivity index (χ4n) is 4.31. The predicted octanol–water partition coefficient (Wildman–Crippen LogP) is 5.10. The van der Waals surface area contributed by atoms with Crippen molar-refractivity contribution in [1.82, 2.24) is 29.8 Å². The first kappa shape index (κ1) is 26.3. The van der Waals surface area contributed by atoms with E-state index in [0.29, 0.717) is 35.6 Å². The molecule has 1 aliphatic heterocycles. The van der Waals surface area contributed by atoms with Crippen molar-refractivity contribution in [2.24, 2.45) is 0 Å². The third-order valence-electron chi connectivity index (χ3n) is 6.12. The van der Waals surface area contributed by atoms with E-state index in [-0.39, 0.29) is 36.7 Å². The molecule has 0 saturated carbocycles. The quantitative estimate of drug-likeness (QED) is 0.320. The summed E-state index contributed by atoms with van der Waals surface area (Å²) in [6.45, 7) is 6.09. The average Bonchev–Trinajstić information content (AvgIpc) is 3.65. The standard InChI is InChI=1S/C27H28F2N6O4/c1-27(2,3)39-26(36)34-11-6-8-18(34)16-37-25-20(29)14-30-24(31-25)22-13-23(21-10-12-38-33-21)35(32-22)15-17-7-4-5-9-19(17)28/h4-5,7,9-10,12-14,18H,6,8,11,15-16H2,1-3H3. The molecule has 204 valence electrons. The van der Waals surface area contributed by atoms with Gasteiger partial charge in [-0.25, -0.2) is 14.2 Å². The van der Waals surface area contributed by atoms with Crippen LogP contribution in [0.15, 0.2) is 53.4 Å². The second-order valence-electron chi connectivity index (χ2n) is 10.2. The Morgan fingerprint density at radius 1 is 1.15 bits per heavy atom. The lowest BCUT2D eigenvalue weighted by molar-refractivity contribution is 0.0184.